The summed E-state index contributed by atoms with van der Waals surface area (Å²) in [5.41, 5.74) is 0.821. The maximum atomic E-state index is 10.9. The third-order valence-electron chi connectivity index (χ3n) is 2.05. The first-order chi connectivity index (χ1) is 6.74. The highest BCUT2D eigenvalue weighted by molar-refractivity contribution is 7.79. The molecule has 1 N–H and O–H groups in total. The zero-order valence-corrected chi connectivity index (χ0v) is 8.94. The molecular weight excluding hydrogens is 216 g/mol. The molecule has 0 aliphatic rings. The van der Waals surface area contributed by atoms with Gasteiger partial charge in [0, 0.05) is 10.5 Å². The molecule has 2 rings (SSSR count). The molecule has 0 bridgehead atoms. The number of fused-ring (bicyclic) bond motifs is 1. The van der Waals surface area contributed by atoms with Crippen molar-refractivity contribution in [1.29, 1.82) is 0 Å². The minimum absolute atomic E-state index is 0.404. The van der Waals surface area contributed by atoms with Crippen LogP contribution in [0.4, 0.5) is 0 Å². The second-order valence-corrected chi connectivity index (χ2v) is 4.24. The number of carboxylic acid groups (broad SMARTS) is 1. The molecule has 0 fully saturated rings. The van der Waals surface area contributed by atoms with Crippen molar-refractivity contribution in [1.82, 2.24) is 0 Å². The lowest BCUT2D eigenvalue weighted by molar-refractivity contribution is 0.0701. The molecule has 1 heterocycles. The normalized spacial score (nSPS) is 10.6. The van der Waals surface area contributed by atoms with Gasteiger partial charge >= 0.3 is 5.97 Å². The van der Waals surface area contributed by atoms with Gasteiger partial charge in [-0.05, 0) is 17.0 Å². The number of hydrogen-bond acceptors (Lipinski definition) is 3. The van der Waals surface area contributed by atoms with Crippen LogP contribution in [0.1, 0.15) is 15.2 Å². The Balaban J connectivity index is 2.78. The second-order valence-electron chi connectivity index (χ2n) is 2.87. The van der Waals surface area contributed by atoms with Gasteiger partial charge in [0.05, 0.1) is 0 Å². The summed E-state index contributed by atoms with van der Waals surface area (Å²) in [7, 11) is 0. The van der Waals surface area contributed by atoms with Gasteiger partial charge < -0.3 is 5.11 Å². The van der Waals surface area contributed by atoms with Crippen molar-refractivity contribution in [2.75, 3.05) is 0 Å². The molecule has 1 aromatic carbocycles. The lowest BCUT2D eigenvalue weighted by Crippen LogP contribution is -1.95. The maximum absolute atomic E-state index is 10.9. The van der Waals surface area contributed by atoms with Gasteiger partial charge in [0.15, 0.2) is 0 Å². The third-order valence-corrected chi connectivity index (χ3v) is 3.57. The highest BCUT2D eigenvalue weighted by atomic mass is 32.1. The van der Waals surface area contributed by atoms with Crippen molar-refractivity contribution in [2.45, 2.75) is 5.75 Å². The zero-order valence-electron chi connectivity index (χ0n) is 7.23. The number of rotatable bonds is 2. The van der Waals surface area contributed by atoms with Crippen molar-refractivity contribution in [3.8, 4) is 0 Å². The van der Waals surface area contributed by atoms with Gasteiger partial charge in [-0.2, -0.15) is 12.6 Å². The van der Waals surface area contributed by atoms with Crippen LogP contribution in [-0.2, 0) is 5.75 Å². The molecule has 2 aromatic rings. The average Bonchev–Trinajstić information content (AvgIpc) is 2.56. The van der Waals surface area contributed by atoms with E-state index in [4.69, 9.17) is 5.11 Å². The molecule has 1 aromatic heterocycles. The van der Waals surface area contributed by atoms with E-state index in [1.54, 1.807) is 0 Å². The molecule has 2 nitrogen and oxygen atoms in total. The average molecular weight is 224 g/mol. The van der Waals surface area contributed by atoms with Gasteiger partial charge in [-0.15, -0.1) is 11.3 Å². The van der Waals surface area contributed by atoms with Crippen LogP contribution < -0.4 is 0 Å². The largest absolute Gasteiger partial charge is 0.477 e. The number of thiophene rings is 1. The van der Waals surface area contributed by atoms with Crippen LogP contribution in [0.5, 0.6) is 0 Å². The maximum Gasteiger partial charge on any atom is 0.346 e. The number of hydrogen-bond donors (Lipinski definition) is 2. The number of aromatic carboxylic acids is 1. The van der Waals surface area contributed by atoms with Crippen LogP contribution >= 0.6 is 24.0 Å². The molecule has 0 saturated heterocycles. The van der Waals surface area contributed by atoms with Gasteiger partial charge in [0.2, 0.25) is 0 Å². The Kier molecular flexibility index (Phi) is 2.48. The molecule has 0 spiro atoms. The van der Waals surface area contributed by atoms with Crippen molar-refractivity contribution >= 4 is 40.0 Å². The first-order valence-corrected chi connectivity index (χ1v) is 5.53. The van der Waals surface area contributed by atoms with Crippen molar-refractivity contribution in [3.63, 3.8) is 0 Å². The zero-order chi connectivity index (χ0) is 10.1. The monoisotopic (exact) mass is 224 g/mol. The van der Waals surface area contributed by atoms with Gasteiger partial charge in [0.1, 0.15) is 4.88 Å². The summed E-state index contributed by atoms with van der Waals surface area (Å²) in [6.07, 6.45) is 0. The molecule has 4 heteroatoms. The molecule has 0 amide bonds. The second kappa shape index (κ2) is 3.63. The van der Waals surface area contributed by atoms with E-state index in [0.717, 1.165) is 15.6 Å². The van der Waals surface area contributed by atoms with Gasteiger partial charge in [-0.25, -0.2) is 4.79 Å². The van der Waals surface area contributed by atoms with Crippen molar-refractivity contribution in [2.24, 2.45) is 0 Å². The lowest BCUT2D eigenvalue weighted by Gasteiger charge is -1.94. The Hall–Kier alpha value is -1.00. The summed E-state index contributed by atoms with van der Waals surface area (Å²) in [5.74, 6) is -0.402. The Morgan fingerprint density at radius 1 is 1.43 bits per heavy atom. The van der Waals surface area contributed by atoms with Gasteiger partial charge in [-0.3, -0.25) is 0 Å². The van der Waals surface area contributed by atoms with Crippen LogP contribution in [0.15, 0.2) is 24.3 Å². The van der Waals surface area contributed by atoms with Crippen LogP contribution in [0, 0.1) is 0 Å². The van der Waals surface area contributed by atoms with Crippen LogP contribution in [-0.4, -0.2) is 11.1 Å². The number of carbonyl (C=O) groups is 1. The highest BCUT2D eigenvalue weighted by Gasteiger charge is 2.15. The Morgan fingerprint density at radius 3 is 2.79 bits per heavy atom. The van der Waals surface area contributed by atoms with E-state index < -0.39 is 5.97 Å². The smallest absolute Gasteiger partial charge is 0.346 e. The first kappa shape index (κ1) is 9.55. The van der Waals surface area contributed by atoms with E-state index in [9.17, 15) is 4.79 Å². The number of carboxylic acids is 1. The highest BCUT2D eigenvalue weighted by Crippen LogP contribution is 2.32. The van der Waals surface area contributed by atoms with E-state index >= 15 is 0 Å². The van der Waals surface area contributed by atoms with Crippen LogP contribution in [0.3, 0.4) is 0 Å². The van der Waals surface area contributed by atoms with E-state index in [0.29, 0.717) is 10.6 Å². The molecule has 0 aliphatic carbocycles. The molecular formula is C10H8O2S2. The molecule has 0 saturated carbocycles. The summed E-state index contributed by atoms with van der Waals surface area (Å²) < 4.78 is 1.01. The molecule has 14 heavy (non-hydrogen) atoms. The molecule has 72 valence electrons. The fourth-order valence-corrected chi connectivity index (χ4v) is 2.92. The molecule has 0 atom stereocenters. The van der Waals surface area contributed by atoms with Gasteiger partial charge in [-0.1, -0.05) is 18.2 Å². The summed E-state index contributed by atoms with van der Waals surface area (Å²) in [6, 6.07) is 7.68. The predicted molar refractivity (Wildman–Crippen MR) is 61.5 cm³/mol. The number of benzene rings is 1. The van der Waals surface area contributed by atoms with Crippen LogP contribution in [0.25, 0.3) is 10.1 Å². The van der Waals surface area contributed by atoms with Crippen molar-refractivity contribution < 1.29 is 9.90 Å². The first-order valence-electron chi connectivity index (χ1n) is 4.08. The summed E-state index contributed by atoms with van der Waals surface area (Å²) in [5, 5.41) is 9.98. The quantitative estimate of drug-likeness (QED) is 0.769. The van der Waals surface area contributed by atoms with E-state index in [2.05, 4.69) is 12.6 Å². The fraction of sp³-hybridized carbons (Fsp3) is 0.100. The molecule has 0 aliphatic heterocycles. The summed E-state index contributed by atoms with van der Waals surface area (Å²) in [4.78, 5) is 11.3. The summed E-state index contributed by atoms with van der Waals surface area (Å²) >= 11 is 5.47. The van der Waals surface area contributed by atoms with E-state index in [1.807, 2.05) is 24.3 Å². The van der Waals surface area contributed by atoms with Crippen molar-refractivity contribution in [3.05, 3.63) is 34.7 Å². The minimum atomic E-state index is -0.866. The lowest BCUT2D eigenvalue weighted by atomic mass is 10.1. The summed E-state index contributed by atoms with van der Waals surface area (Å²) in [6.45, 7) is 0. The third kappa shape index (κ3) is 1.40. The molecule has 0 radical (unpaired) electrons. The van der Waals surface area contributed by atoms with E-state index in [-0.39, 0.29) is 0 Å². The Morgan fingerprint density at radius 2 is 2.14 bits per heavy atom. The van der Waals surface area contributed by atoms with E-state index in [1.165, 1.54) is 11.3 Å². The number of thiol groups is 1. The topological polar surface area (TPSA) is 37.3 Å². The SMILES string of the molecule is O=C(O)c1sc2ccccc2c1CS. The Bertz CT molecular complexity index is 488. The minimum Gasteiger partial charge on any atom is -0.477 e. The molecule has 0 unspecified atom stereocenters. The predicted octanol–water partition coefficient (Wildman–Crippen LogP) is 3.03. The van der Waals surface area contributed by atoms with Gasteiger partial charge in [0.25, 0.3) is 0 Å². The standard InChI is InChI=1S/C10H8O2S2/c11-10(12)9-7(5-13)6-3-1-2-4-8(6)14-9/h1-4,13H,5H2,(H,11,12). The Labute approximate surface area is 90.6 Å². The fourth-order valence-electron chi connectivity index (χ4n) is 1.43. The van der Waals surface area contributed by atoms with Crippen LogP contribution in [0.2, 0.25) is 0 Å².